The van der Waals surface area contributed by atoms with Crippen molar-refractivity contribution < 1.29 is 4.79 Å². The minimum Gasteiger partial charge on any atom is -0.294 e. The summed E-state index contributed by atoms with van der Waals surface area (Å²) in [5, 5.41) is 0. The molecule has 1 unspecified atom stereocenters. The Morgan fingerprint density at radius 3 is 2.64 bits per heavy atom. The van der Waals surface area contributed by atoms with Crippen molar-refractivity contribution in [3.63, 3.8) is 0 Å². The van der Waals surface area contributed by atoms with E-state index in [0.29, 0.717) is 6.42 Å². The molecule has 0 heterocycles. The molecule has 1 aliphatic carbocycles. The van der Waals surface area contributed by atoms with Crippen LogP contribution in [0.3, 0.4) is 0 Å². The molecule has 0 aromatic heterocycles. The smallest absolute Gasteiger partial charge is 0.162 e. The lowest BCUT2D eigenvalue weighted by molar-refractivity contribution is 0.0962. The normalized spacial score (nSPS) is 18.0. The summed E-state index contributed by atoms with van der Waals surface area (Å²) >= 11 is 0. The molecule has 0 fully saturated rings. The Hall–Kier alpha value is -1.55. The minimum absolute atomic E-state index is 0.260. The number of aryl methyl sites for hydroxylation is 1. The van der Waals surface area contributed by atoms with Crippen molar-refractivity contribution in [2.75, 3.05) is 0 Å². The van der Waals surface area contributed by atoms with Crippen LogP contribution >= 0.6 is 0 Å². The summed E-state index contributed by atoms with van der Waals surface area (Å²) < 4.78 is 0. The molecule has 1 aromatic carbocycles. The van der Waals surface area contributed by atoms with Gasteiger partial charge in [0.2, 0.25) is 0 Å². The number of carbonyl (C=O) groups excluding carboxylic acids is 1. The van der Waals surface area contributed by atoms with Crippen LogP contribution in [0.4, 0.5) is 0 Å². The quantitative estimate of drug-likeness (QED) is 0.385. The highest BCUT2D eigenvalue weighted by Crippen LogP contribution is 2.27. The van der Waals surface area contributed by atoms with E-state index in [1.165, 1.54) is 31.2 Å². The van der Waals surface area contributed by atoms with Crippen molar-refractivity contribution in [1.82, 2.24) is 0 Å². The average Bonchev–Trinajstić information content (AvgIpc) is 2.59. The van der Waals surface area contributed by atoms with Crippen LogP contribution in [0.5, 0.6) is 0 Å². The van der Waals surface area contributed by atoms with Gasteiger partial charge >= 0.3 is 0 Å². The van der Waals surface area contributed by atoms with Crippen molar-refractivity contribution in [2.24, 2.45) is 11.3 Å². The monoisotopic (exact) mass is 338 g/mol. The van der Waals surface area contributed by atoms with Crippen molar-refractivity contribution in [2.45, 2.75) is 85.0 Å². The van der Waals surface area contributed by atoms with Gasteiger partial charge in [-0.2, -0.15) is 0 Å². The van der Waals surface area contributed by atoms with Crippen LogP contribution in [0.1, 0.15) is 94.5 Å². The van der Waals surface area contributed by atoms with Gasteiger partial charge in [-0.3, -0.25) is 4.79 Å². The highest BCUT2D eigenvalue weighted by Gasteiger charge is 2.17. The molecule has 0 saturated heterocycles. The number of benzene rings is 1. The van der Waals surface area contributed by atoms with Gasteiger partial charge in [0.15, 0.2) is 5.78 Å². The fraction of sp³-hybridized carbons (Fsp3) is 0.625. The molecule has 0 saturated carbocycles. The second-order valence-electron chi connectivity index (χ2n) is 8.35. The molecule has 0 amide bonds. The van der Waals surface area contributed by atoms with Gasteiger partial charge in [-0.1, -0.05) is 57.9 Å². The largest absolute Gasteiger partial charge is 0.294 e. The van der Waals surface area contributed by atoms with Crippen molar-refractivity contribution in [1.29, 1.82) is 0 Å². The first-order valence-electron chi connectivity index (χ1n) is 10.1. The Labute approximate surface area is 154 Å². The van der Waals surface area contributed by atoms with Gasteiger partial charge < -0.3 is 0 Å². The Morgan fingerprint density at radius 1 is 1.16 bits per heavy atom. The zero-order valence-corrected chi connectivity index (χ0v) is 16.4. The van der Waals surface area contributed by atoms with E-state index in [4.69, 9.17) is 0 Å². The maximum atomic E-state index is 12.4. The van der Waals surface area contributed by atoms with Gasteiger partial charge in [-0.25, -0.2) is 0 Å². The number of ketones is 1. The first-order valence-corrected chi connectivity index (χ1v) is 10.1. The fourth-order valence-corrected chi connectivity index (χ4v) is 3.30. The van der Waals surface area contributed by atoms with E-state index in [-0.39, 0.29) is 11.2 Å². The SMILES string of the molecule is CCC(C)(C)CCC(=O)c1ccc(CCC2CC#CCCCC2)cc1. The number of carbonyl (C=O) groups is 1. The van der Waals surface area contributed by atoms with Gasteiger partial charge in [-0.15, -0.1) is 11.8 Å². The second kappa shape index (κ2) is 9.81. The molecule has 1 aliphatic rings. The minimum atomic E-state index is 0.260. The molecule has 136 valence electrons. The number of hydrogen-bond donors (Lipinski definition) is 0. The Kier molecular flexibility index (Phi) is 7.76. The first kappa shape index (κ1) is 19.8. The number of rotatable bonds is 8. The second-order valence-corrected chi connectivity index (χ2v) is 8.35. The zero-order chi connectivity index (χ0) is 18.1. The fourth-order valence-electron chi connectivity index (χ4n) is 3.30. The molecule has 0 aliphatic heterocycles. The lowest BCUT2D eigenvalue weighted by Gasteiger charge is -2.21. The molecule has 1 nitrogen and oxygen atoms in total. The molecular weight excluding hydrogens is 304 g/mol. The van der Waals surface area contributed by atoms with Gasteiger partial charge in [0, 0.05) is 24.8 Å². The molecule has 0 bridgehead atoms. The summed E-state index contributed by atoms with van der Waals surface area (Å²) in [4.78, 5) is 12.4. The highest BCUT2D eigenvalue weighted by molar-refractivity contribution is 5.96. The zero-order valence-electron chi connectivity index (χ0n) is 16.4. The summed E-state index contributed by atoms with van der Waals surface area (Å²) in [6.45, 7) is 6.67. The summed E-state index contributed by atoms with van der Waals surface area (Å²) in [6.07, 6.45) is 11.1. The van der Waals surface area contributed by atoms with E-state index in [1.807, 2.05) is 12.1 Å². The maximum Gasteiger partial charge on any atom is 0.162 e. The molecule has 1 atom stereocenters. The van der Waals surface area contributed by atoms with E-state index in [2.05, 4.69) is 44.7 Å². The van der Waals surface area contributed by atoms with E-state index in [1.54, 1.807) is 0 Å². The molecule has 0 radical (unpaired) electrons. The molecule has 25 heavy (non-hydrogen) atoms. The number of hydrogen-bond acceptors (Lipinski definition) is 1. The van der Waals surface area contributed by atoms with E-state index in [0.717, 1.165) is 43.6 Å². The molecule has 2 rings (SSSR count). The Morgan fingerprint density at radius 2 is 1.92 bits per heavy atom. The predicted octanol–water partition coefficient (Wildman–Crippen LogP) is 6.60. The first-order chi connectivity index (χ1) is 12.0. The summed E-state index contributed by atoms with van der Waals surface area (Å²) in [6, 6.07) is 8.34. The standard InChI is InChI=1S/C24H34O/c1-4-24(2,3)19-18-23(25)22-16-14-21(15-17-22)13-12-20-10-8-6-5-7-9-11-20/h14-17,20H,4-6,8,10-13,18-19H2,1-3H3. The summed E-state index contributed by atoms with van der Waals surface area (Å²) in [5.41, 5.74) is 2.48. The molecule has 1 heteroatoms. The molecule has 0 N–H and O–H groups in total. The lowest BCUT2D eigenvalue weighted by Crippen LogP contribution is -2.12. The topological polar surface area (TPSA) is 17.1 Å². The van der Waals surface area contributed by atoms with Gasteiger partial charge in [0.1, 0.15) is 0 Å². The van der Waals surface area contributed by atoms with Gasteiger partial charge in [0.05, 0.1) is 0 Å². The molecular formula is C24H34O. The van der Waals surface area contributed by atoms with E-state index >= 15 is 0 Å². The van der Waals surface area contributed by atoms with Crippen LogP contribution in [0.2, 0.25) is 0 Å². The Bertz CT molecular complexity index is 597. The van der Waals surface area contributed by atoms with Crippen LogP contribution in [0.25, 0.3) is 0 Å². The van der Waals surface area contributed by atoms with E-state index < -0.39 is 0 Å². The number of Topliss-reactive ketones (excluding diaryl/α,β-unsaturated/α-hetero) is 1. The third-order valence-electron chi connectivity index (χ3n) is 5.78. The average molecular weight is 339 g/mol. The van der Waals surface area contributed by atoms with Crippen molar-refractivity contribution in [3.8, 4) is 11.8 Å². The van der Waals surface area contributed by atoms with Gasteiger partial charge in [-0.05, 0) is 49.0 Å². The summed E-state index contributed by atoms with van der Waals surface area (Å²) in [5.74, 6) is 7.63. The van der Waals surface area contributed by atoms with Gasteiger partial charge in [0.25, 0.3) is 0 Å². The maximum absolute atomic E-state index is 12.4. The van der Waals surface area contributed by atoms with Crippen LogP contribution in [0, 0.1) is 23.2 Å². The van der Waals surface area contributed by atoms with E-state index in [9.17, 15) is 4.79 Å². The molecule has 1 aromatic rings. The third kappa shape index (κ3) is 7.07. The van der Waals surface area contributed by atoms with Crippen molar-refractivity contribution in [3.05, 3.63) is 35.4 Å². The van der Waals surface area contributed by atoms with Crippen LogP contribution < -0.4 is 0 Å². The van der Waals surface area contributed by atoms with Crippen molar-refractivity contribution >= 4 is 5.78 Å². The predicted molar refractivity (Wildman–Crippen MR) is 107 cm³/mol. The lowest BCUT2D eigenvalue weighted by atomic mass is 9.84. The summed E-state index contributed by atoms with van der Waals surface area (Å²) in [7, 11) is 0. The highest BCUT2D eigenvalue weighted by atomic mass is 16.1. The Balaban J connectivity index is 1.82. The van der Waals surface area contributed by atoms with Crippen LogP contribution in [-0.4, -0.2) is 5.78 Å². The van der Waals surface area contributed by atoms with Crippen LogP contribution in [-0.2, 0) is 6.42 Å². The van der Waals surface area contributed by atoms with Crippen LogP contribution in [0.15, 0.2) is 24.3 Å². The third-order valence-corrected chi connectivity index (χ3v) is 5.78. The molecule has 0 spiro atoms.